The fraction of sp³-hybridized carbons (Fsp3) is 0.176. The third-order valence-corrected chi connectivity index (χ3v) is 4.05. The van der Waals surface area contributed by atoms with Gasteiger partial charge in [-0.25, -0.2) is 4.79 Å². The Hall–Kier alpha value is -2.05. The highest BCUT2D eigenvalue weighted by Gasteiger charge is 2.14. The summed E-state index contributed by atoms with van der Waals surface area (Å²) in [6.45, 7) is 1.53. The second-order valence-corrected chi connectivity index (χ2v) is 6.20. The lowest BCUT2D eigenvalue weighted by Gasteiger charge is -2.12. The van der Waals surface area contributed by atoms with Crippen molar-refractivity contribution in [2.45, 2.75) is 6.92 Å². The van der Waals surface area contributed by atoms with E-state index in [0.717, 1.165) is 4.47 Å². The van der Waals surface area contributed by atoms with E-state index in [1.54, 1.807) is 43.3 Å². The second kappa shape index (κ2) is 8.17. The van der Waals surface area contributed by atoms with Gasteiger partial charge in [-0.2, -0.15) is 0 Å². The molecule has 0 spiro atoms. The van der Waals surface area contributed by atoms with Gasteiger partial charge < -0.3 is 14.8 Å². The van der Waals surface area contributed by atoms with Gasteiger partial charge in [0.05, 0.1) is 17.7 Å². The van der Waals surface area contributed by atoms with Crippen molar-refractivity contribution in [2.24, 2.45) is 0 Å². The largest absolute Gasteiger partial charge is 0.482 e. The molecule has 0 heterocycles. The maximum atomic E-state index is 12.1. The van der Waals surface area contributed by atoms with E-state index < -0.39 is 5.97 Å². The van der Waals surface area contributed by atoms with Crippen LogP contribution in [0.15, 0.2) is 40.9 Å². The molecule has 0 atom stereocenters. The van der Waals surface area contributed by atoms with Gasteiger partial charge in [-0.3, -0.25) is 4.79 Å². The maximum Gasteiger partial charge on any atom is 0.338 e. The number of carbonyl (C=O) groups excluding carboxylic acids is 2. The van der Waals surface area contributed by atoms with E-state index >= 15 is 0 Å². The molecule has 0 aliphatic heterocycles. The van der Waals surface area contributed by atoms with Gasteiger partial charge in [0.25, 0.3) is 5.91 Å². The van der Waals surface area contributed by atoms with E-state index in [4.69, 9.17) is 21.1 Å². The summed E-state index contributed by atoms with van der Waals surface area (Å²) < 4.78 is 10.9. The Balaban J connectivity index is 2.03. The van der Waals surface area contributed by atoms with Gasteiger partial charge in [-0.1, -0.05) is 33.6 Å². The summed E-state index contributed by atoms with van der Waals surface area (Å²) in [5, 5.41) is 3.11. The number of hydrogen-bond donors (Lipinski definition) is 1. The number of esters is 1. The lowest BCUT2D eigenvalue weighted by atomic mass is 10.1. The maximum absolute atomic E-state index is 12.1. The van der Waals surface area contributed by atoms with Gasteiger partial charge in [0.2, 0.25) is 0 Å². The molecule has 0 unspecified atom stereocenters. The molecule has 0 saturated heterocycles. The molecular formula is C17H15BrClNO4. The Morgan fingerprint density at radius 2 is 2.00 bits per heavy atom. The number of ether oxygens (including phenoxy) is 2. The highest BCUT2D eigenvalue weighted by atomic mass is 79.9. The van der Waals surface area contributed by atoms with Crippen LogP contribution >= 0.6 is 27.5 Å². The molecular weight excluding hydrogens is 398 g/mol. The minimum absolute atomic E-state index is 0.205. The molecule has 0 aliphatic carbocycles. The van der Waals surface area contributed by atoms with Crippen molar-refractivity contribution in [3.8, 4) is 5.75 Å². The summed E-state index contributed by atoms with van der Waals surface area (Å²) in [6, 6.07) is 10.1. The molecule has 2 rings (SSSR count). The van der Waals surface area contributed by atoms with Crippen LogP contribution in [0.2, 0.25) is 5.02 Å². The van der Waals surface area contributed by atoms with E-state index in [-0.39, 0.29) is 12.5 Å². The van der Waals surface area contributed by atoms with Crippen LogP contribution in [0, 0.1) is 6.92 Å². The number of hydrogen-bond acceptors (Lipinski definition) is 4. The van der Waals surface area contributed by atoms with Crippen LogP contribution in [0.3, 0.4) is 0 Å². The molecule has 1 amide bonds. The lowest BCUT2D eigenvalue weighted by Crippen LogP contribution is -2.21. The topological polar surface area (TPSA) is 64.6 Å². The van der Waals surface area contributed by atoms with Gasteiger partial charge in [0.15, 0.2) is 6.61 Å². The highest BCUT2D eigenvalue weighted by Crippen LogP contribution is 2.27. The molecule has 24 heavy (non-hydrogen) atoms. The summed E-state index contributed by atoms with van der Waals surface area (Å²) in [5.41, 5.74) is 1.54. The normalized spacial score (nSPS) is 10.2. The first-order valence-electron chi connectivity index (χ1n) is 6.98. The summed E-state index contributed by atoms with van der Waals surface area (Å²) in [6.07, 6.45) is 0. The molecule has 0 aliphatic rings. The van der Waals surface area contributed by atoms with Crippen molar-refractivity contribution >= 4 is 45.1 Å². The molecule has 2 aromatic carbocycles. The Labute approximate surface area is 153 Å². The number of halogens is 2. The van der Waals surface area contributed by atoms with Crippen molar-refractivity contribution < 1.29 is 19.1 Å². The van der Waals surface area contributed by atoms with E-state index in [2.05, 4.69) is 21.2 Å². The smallest absolute Gasteiger partial charge is 0.338 e. The molecule has 0 fully saturated rings. The summed E-state index contributed by atoms with van der Waals surface area (Å²) in [5.74, 6) is -0.407. The third kappa shape index (κ3) is 4.49. The van der Waals surface area contributed by atoms with Gasteiger partial charge in [-0.15, -0.1) is 0 Å². The number of methoxy groups -OCH3 is 1. The van der Waals surface area contributed by atoms with Crippen molar-refractivity contribution in [1.29, 1.82) is 0 Å². The first-order valence-corrected chi connectivity index (χ1v) is 8.15. The summed E-state index contributed by atoms with van der Waals surface area (Å²) in [4.78, 5) is 23.7. The first-order chi connectivity index (χ1) is 11.4. The zero-order chi connectivity index (χ0) is 17.7. The van der Waals surface area contributed by atoms with Crippen LogP contribution in [-0.4, -0.2) is 25.6 Å². The SMILES string of the molecule is COC(=O)c1cccc(NC(=O)COc2ccc(Br)cc2Cl)c1C. The van der Waals surface area contributed by atoms with Crippen molar-refractivity contribution in [2.75, 3.05) is 19.0 Å². The van der Waals surface area contributed by atoms with Crippen LogP contribution in [0.4, 0.5) is 5.69 Å². The van der Waals surface area contributed by atoms with Crippen LogP contribution in [0.1, 0.15) is 15.9 Å². The monoisotopic (exact) mass is 411 g/mol. The van der Waals surface area contributed by atoms with Gasteiger partial charge in [0.1, 0.15) is 5.75 Å². The zero-order valence-corrected chi connectivity index (χ0v) is 15.4. The lowest BCUT2D eigenvalue weighted by molar-refractivity contribution is -0.118. The average molecular weight is 413 g/mol. The fourth-order valence-electron chi connectivity index (χ4n) is 2.02. The molecule has 0 saturated carbocycles. The Bertz CT molecular complexity index is 779. The Morgan fingerprint density at radius 3 is 2.67 bits per heavy atom. The minimum Gasteiger partial charge on any atom is -0.482 e. The molecule has 0 bridgehead atoms. The molecule has 0 radical (unpaired) electrons. The molecule has 0 aromatic heterocycles. The standard InChI is InChI=1S/C17H15BrClNO4/c1-10-12(17(22)23-2)4-3-5-14(10)20-16(21)9-24-15-7-6-11(18)8-13(15)19/h3-8H,9H2,1-2H3,(H,20,21). The fourth-order valence-corrected chi connectivity index (χ4v) is 2.75. The molecule has 5 nitrogen and oxygen atoms in total. The quantitative estimate of drug-likeness (QED) is 0.747. The van der Waals surface area contributed by atoms with E-state index in [9.17, 15) is 9.59 Å². The number of benzene rings is 2. The second-order valence-electron chi connectivity index (χ2n) is 4.88. The number of anilines is 1. The van der Waals surface area contributed by atoms with Gasteiger partial charge in [0, 0.05) is 10.2 Å². The number of carbonyl (C=O) groups is 2. The molecule has 1 N–H and O–H groups in total. The average Bonchev–Trinajstić information content (AvgIpc) is 2.55. The van der Waals surface area contributed by atoms with Crippen molar-refractivity contribution in [3.63, 3.8) is 0 Å². The molecule has 126 valence electrons. The van der Waals surface area contributed by atoms with E-state index in [0.29, 0.717) is 27.6 Å². The number of rotatable bonds is 5. The first kappa shape index (κ1) is 18.3. The predicted octanol–water partition coefficient (Wildman–Crippen LogP) is 4.22. The van der Waals surface area contributed by atoms with Gasteiger partial charge in [-0.05, 0) is 42.8 Å². The van der Waals surface area contributed by atoms with Crippen LogP contribution in [-0.2, 0) is 9.53 Å². The van der Waals surface area contributed by atoms with Gasteiger partial charge >= 0.3 is 5.97 Å². The summed E-state index contributed by atoms with van der Waals surface area (Å²) >= 11 is 9.33. The van der Waals surface area contributed by atoms with Crippen LogP contribution < -0.4 is 10.1 Å². The Morgan fingerprint density at radius 1 is 1.25 bits per heavy atom. The predicted molar refractivity (Wildman–Crippen MR) is 95.8 cm³/mol. The zero-order valence-electron chi connectivity index (χ0n) is 13.1. The minimum atomic E-state index is -0.457. The molecule has 2 aromatic rings. The van der Waals surface area contributed by atoms with E-state index in [1.165, 1.54) is 7.11 Å². The highest BCUT2D eigenvalue weighted by molar-refractivity contribution is 9.10. The number of amides is 1. The van der Waals surface area contributed by atoms with Crippen molar-refractivity contribution in [3.05, 3.63) is 57.0 Å². The summed E-state index contributed by atoms with van der Waals surface area (Å²) in [7, 11) is 1.31. The van der Waals surface area contributed by atoms with Crippen molar-refractivity contribution in [1.82, 2.24) is 0 Å². The third-order valence-electron chi connectivity index (χ3n) is 3.27. The van der Waals surface area contributed by atoms with Crippen LogP contribution in [0.5, 0.6) is 5.75 Å². The number of nitrogens with one attached hydrogen (secondary N) is 1. The van der Waals surface area contributed by atoms with E-state index in [1.807, 2.05) is 0 Å². The Kier molecular flexibility index (Phi) is 6.23. The van der Waals surface area contributed by atoms with Crippen LogP contribution in [0.25, 0.3) is 0 Å². The molecule has 7 heteroatoms.